The van der Waals surface area contributed by atoms with Gasteiger partial charge in [0.25, 0.3) is 6.71 Å². The zero-order valence-electron chi connectivity index (χ0n) is 41.2. The molecule has 0 radical (unpaired) electrons. The van der Waals surface area contributed by atoms with Gasteiger partial charge in [0.05, 0.1) is 11.4 Å². The number of thiophene rings is 2. The maximum absolute atomic E-state index is 2.68. The van der Waals surface area contributed by atoms with Crippen LogP contribution in [0.3, 0.4) is 0 Å². The third-order valence-electron chi connectivity index (χ3n) is 16.3. The maximum atomic E-state index is 2.68. The predicted molar refractivity (Wildman–Crippen MR) is 284 cm³/mol. The zero-order chi connectivity index (χ0) is 45.4. The Balaban J connectivity index is 1.27. The second-order valence-electron chi connectivity index (χ2n) is 24.9. The highest BCUT2D eigenvalue weighted by molar-refractivity contribution is 7.40. The number of benzene rings is 5. The van der Waals surface area contributed by atoms with Crippen LogP contribution in [0.25, 0.3) is 20.2 Å². The molecule has 11 rings (SSSR count). The SMILES string of the molecule is Cc1cc2c3c(c1)N(c1ccc(C(C)(C)C)cc1)c1c(sc4cc5c(cc14)C(C)(C)CCC5(C)C)B3c1sc3cc4c(cc3c1N2c1ccc(C(C)(C)C)cc1)C(C)(C)CCC4(C)C. The van der Waals surface area contributed by atoms with Gasteiger partial charge >= 0.3 is 0 Å². The molecule has 64 heavy (non-hydrogen) atoms. The van der Waals surface area contributed by atoms with E-state index in [0.29, 0.717) is 0 Å². The summed E-state index contributed by atoms with van der Waals surface area (Å²) in [6.45, 7) is 36.2. The molecule has 0 amide bonds. The third-order valence-corrected chi connectivity index (χ3v) is 18.7. The van der Waals surface area contributed by atoms with Crippen LogP contribution < -0.4 is 24.8 Å². The van der Waals surface area contributed by atoms with Crippen LogP contribution in [0, 0.1) is 6.92 Å². The normalized spacial score (nSPS) is 19.0. The van der Waals surface area contributed by atoms with Crippen molar-refractivity contribution < 1.29 is 0 Å². The Morgan fingerprint density at radius 1 is 0.469 bits per heavy atom. The summed E-state index contributed by atoms with van der Waals surface area (Å²) in [5, 5.41) is 2.81. The van der Waals surface area contributed by atoms with E-state index >= 15 is 0 Å². The van der Waals surface area contributed by atoms with Gasteiger partial charge in [-0.25, -0.2) is 0 Å². The standard InChI is InChI=1S/C59H67BN2S2/c1-34-28-45-49-46(29-34)62(38-22-18-36(19-23-38)55(5,6)7)51-40-31-42-44(59(14,15)27-25-57(42,10)11)33-48(40)64-53(51)60(49)52-50(61(45)37-20-16-35(17-21-37)54(2,3)4)39-30-41-43(32-47(39)63-52)58(12,13)26-24-56(41,8)9/h16-23,28-33H,24-27H2,1-15H3. The van der Waals surface area contributed by atoms with Crippen molar-refractivity contribution in [1.82, 2.24) is 0 Å². The largest absolute Gasteiger partial charge is 0.310 e. The van der Waals surface area contributed by atoms with Crippen LogP contribution in [0.4, 0.5) is 34.1 Å². The monoisotopic (exact) mass is 878 g/mol. The lowest BCUT2D eigenvalue weighted by Gasteiger charge is -2.43. The Kier molecular flexibility index (Phi) is 8.87. The highest BCUT2D eigenvalue weighted by Gasteiger charge is 2.49. The molecule has 0 unspecified atom stereocenters. The summed E-state index contributed by atoms with van der Waals surface area (Å²) in [5.74, 6) is 0. The molecule has 328 valence electrons. The second kappa shape index (κ2) is 13.4. The molecular formula is C59H67BN2S2. The summed E-state index contributed by atoms with van der Waals surface area (Å²) in [6.07, 6.45) is 4.82. The van der Waals surface area contributed by atoms with Crippen LogP contribution >= 0.6 is 22.7 Å². The van der Waals surface area contributed by atoms with Crippen LogP contribution in [0.2, 0.25) is 0 Å². The molecule has 5 aromatic carbocycles. The number of fused-ring (bicyclic) bond motifs is 10. The second-order valence-corrected chi connectivity index (χ2v) is 27.0. The molecule has 4 aliphatic rings. The fourth-order valence-corrected chi connectivity index (χ4v) is 14.7. The maximum Gasteiger partial charge on any atom is 0.277 e. The molecule has 2 aliphatic heterocycles. The molecule has 0 fully saturated rings. The smallest absolute Gasteiger partial charge is 0.277 e. The zero-order valence-corrected chi connectivity index (χ0v) is 42.8. The molecule has 2 nitrogen and oxygen atoms in total. The van der Waals surface area contributed by atoms with E-state index in [2.05, 4.69) is 221 Å². The summed E-state index contributed by atoms with van der Waals surface area (Å²) < 4.78 is 5.79. The molecule has 0 saturated carbocycles. The first-order chi connectivity index (χ1) is 29.9. The van der Waals surface area contributed by atoms with E-state index < -0.39 is 0 Å². The average molecular weight is 879 g/mol. The van der Waals surface area contributed by atoms with E-state index in [9.17, 15) is 0 Å². The van der Waals surface area contributed by atoms with E-state index in [1.54, 1.807) is 0 Å². The molecule has 0 bridgehead atoms. The van der Waals surface area contributed by atoms with Crippen molar-refractivity contribution in [1.29, 1.82) is 0 Å². The van der Waals surface area contributed by atoms with Gasteiger partial charge in [-0.15, -0.1) is 22.7 Å². The molecule has 0 atom stereocenters. The molecule has 2 aliphatic carbocycles. The molecule has 2 aromatic heterocycles. The van der Waals surface area contributed by atoms with Crippen molar-refractivity contribution in [3.63, 3.8) is 0 Å². The van der Waals surface area contributed by atoms with Gasteiger partial charge in [-0.05, 0) is 170 Å². The van der Waals surface area contributed by atoms with Gasteiger partial charge < -0.3 is 9.80 Å². The topological polar surface area (TPSA) is 6.48 Å². The number of hydrogen-bond acceptors (Lipinski definition) is 4. The molecule has 5 heteroatoms. The highest BCUT2D eigenvalue weighted by Crippen LogP contribution is 2.55. The summed E-state index contributed by atoms with van der Waals surface area (Å²) in [4.78, 5) is 5.36. The Morgan fingerprint density at radius 2 is 0.797 bits per heavy atom. The minimum atomic E-state index is 0.0655. The van der Waals surface area contributed by atoms with Gasteiger partial charge in [-0.3, -0.25) is 0 Å². The van der Waals surface area contributed by atoms with Crippen molar-refractivity contribution in [3.8, 4) is 0 Å². The lowest BCUT2D eigenvalue weighted by Crippen LogP contribution is -2.59. The molecule has 4 heterocycles. The Labute approximate surface area is 392 Å². The molecule has 7 aromatic rings. The molecule has 0 N–H and O–H groups in total. The molecular weight excluding hydrogens is 812 g/mol. The Bertz CT molecular complexity index is 2880. The summed E-state index contributed by atoms with van der Waals surface area (Å²) in [6, 6.07) is 34.7. The van der Waals surface area contributed by atoms with Gasteiger partial charge in [-0.1, -0.05) is 121 Å². The van der Waals surface area contributed by atoms with Crippen molar-refractivity contribution >= 4 is 98.7 Å². The first-order valence-electron chi connectivity index (χ1n) is 24.0. The van der Waals surface area contributed by atoms with Crippen LogP contribution in [0.1, 0.15) is 162 Å². The van der Waals surface area contributed by atoms with Crippen molar-refractivity contribution in [3.05, 3.63) is 124 Å². The van der Waals surface area contributed by atoms with E-state index in [1.807, 2.05) is 0 Å². The quantitative estimate of drug-likeness (QED) is 0.160. The minimum Gasteiger partial charge on any atom is -0.310 e. The number of aryl methyl sites for hydroxylation is 1. The fourth-order valence-electron chi connectivity index (χ4n) is 12.0. The van der Waals surface area contributed by atoms with Crippen molar-refractivity contribution in [2.75, 3.05) is 9.80 Å². The highest BCUT2D eigenvalue weighted by atomic mass is 32.1. The first kappa shape index (κ1) is 42.3. The van der Waals surface area contributed by atoms with Gasteiger partial charge in [0.2, 0.25) is 0 Å². The molecule has 0 spiro atoms. The van der Waals surface area contributed by atoms with Gasteiger partial charge in [-0.2, -0.15) is 0 Å². The van der Waals surface area contributed by atoms with E-state index in [-0.39, 0.29) is 39.2 Å². The minimum absolute atomic E-state index is 0.0655. The van der Waals surface area contributed by atoms with Gasteiger partial charge in [0, 0.05) is 52.5 Å². The van der Waals surface area contributed by atoms with Crippen LogP contribution in [-0.2, 0) is 32.5 Å². The van der Waals surface area contributed by atoms with Crippen molar-refractivity contribution in [2.24, 2.45) is 0 Å². The fraction of sp³-hybridized carbons (Fsp3) is 0.424. The Morgan fingerprint density at radius 3 is 1.12 bits per heavy atom. The van der Waals surface area contributed by atoms with Crippen molar-refractivity contribution in [2.45, 2.75) is 162 Å². The van der Waals surface area contributed by atoms with Crippen LogP contribution in [-0.4, -0.2) is 6.71 Å². The number of anilines is 6. The first-order valence-corrected chi connectivity index (χ1v) is 25.7. The van der Waals surface area contributed by atoms with Gasteiger partial charge in [0.1, 0.15) is 0 Å². The molecule has 0 saturated heterocycles. The summed E-state index contributed by atoms with van der Waals surface area (Å²) >= 11 is 4.14. The predicted octanol–water partition coefficient (Wildman–Crippen LogP) is 15.8. The lowest BCUT2D eigenvalue weighted by molar-refractivity contribution is 0.332. The Hall–Kier alpha value is -4.32. The van der Waals surface area contributed by atoms with Gasteiger partial charge in [0.15, 0.2) is 0 Å². The van der Waals surface area contributed by atoms with Crippen LogP contribution in [0.5, 0.6) is 0 Å². The number of rotatable bonds is 2. The number of hydrogen-bond donors (Lipinski definition) is 0. The van der Waals surface area contributed by atoms with E-state index in [1.165, 1.54) is 134 Å². The van der Waals surface area contributed by atoms with Crippen LogP contribution in [0.15, 0.2) is 84.9 Å². The number of nitrogens with zero attached hydrogens (tertiary/aromatic N) is 2. The van der Waals surface area contributed by atoms with E-state index in [4.69, 9.17) is 0 Å². The average Bonchev–Trinajstić information content (AvgIpc) is 3.78. The lowest BCUT2D eigenvalue weighted by atomic mass is 9.39. The summed E-state index contributed by atoms with van der Waals surface area (Å²) in [7, 11) is 0. The third kappa shape index (κ3) is 6.14. The van der Waals surface area contributed by atoms with E-state index in [0.717, 1.165) is 0 Å². The summed E-state index contributed by atoms with van der Waals surface area (Å²) in [5.41, 5.74) is 20.0.